The van der Waals surface area contributed by atoms with Crippen molar-refractivity contribution in [3.8, 4) is 0 Å². The molecule has 1 N–H and O–H groups in total. The van der Waals surface area contributed by atoms with E-state index < -0.39 is 11.9 Å². The highest BCUT2D eigenvalue weighted by molar-refractivity contribution is 5.91. The Morgan fingerprint density at radius 2 is 2.05 bits per heavy atom. The minimum Gasteiger partial charge on any atom is -0.481 e. The van der Waals surface area contributed by atoms with Gasteiger partial charge in [0.25, 0.3) is 5.91 Å². The summed E-state index contributed by atoms with van der Waals surface area (Å²) in [5.41, 5.74) is 0. The van der Waals surface area contributed by atoms with E-state index in [1.54, 1.807) is 0 Å². The zero-order valence-electron chi connectivity index (χ0n) is 12.4. The lowest BCUT2D eigenvalue weighted by Crippen LogP contribution is -2.39. The van der Waals surface area contributed by atoms with Gasteiger partial charge in [0.05, 0.1) is 19.1 Å². The Labute approximate surface area is 128 Å². The molecule has 3 heterocycles. The highest BCUT2D eigenvalue weighted by Crippen LogP contribution is 2.17. The van der Waals surface area contributed by atoms with Gasteiger partial charge >= 0.3 is 5.97 Å². The molecule has 0 bridgehead atoms. The van der Waals surface area contributed by atoms with Crippen LogP contribution in [0.3, 0.4) is 0 Å². The van der Waals surface area contributed by atoms with Crippen LogP contribution in [-0.4, -0.2) is 63.0 Å². The number of hydrogen-bond donors (Lipinski definition) is 1. The van der Waals surface area contributed by atoms with Gasteiger partial charge < -0.3 is 19.3 Å². The molecule has 8 nitrogen and oxygen atoms in total. The molecule has 2 aliphatic rings. The Bertz CT molecular complexity index is 571. The van der Waals surface area contributed by atoms with Crippen molar-refractivity contribution in [2.45, 2.75) is 32.2 Å². The van der Waals surface area contributed by atoms with Gasteiger partial charge in [0.1, 0.15) is 5.82 Å². The van der Waals surface area contributed by atoms with E-state index in [1.165, 1.54) is 4.90 Å². The number of carboxylic acids is 1. The third kappa shape index (κ3) is 2.96. The van der Waals surface area contributed by atoms with Crippen LogP contribution in [0.2, 0.25) is 0 Å². The van der Waals surface area contributed by atoms with Gasteiger partial charge in [-0.1, -0.05) is 6.42 Å². The van der Waals surface area contributed by atoms with E-state index in [-0.39, 0.29) is 19.1 Å². The predicted octanol–water partition coefficient (Wildman–Crippen LogP) is 0.178. The van der Waals surface area contributed by atoms with Crippen molar-refractivity contribution in [2.24, 2.45) is 5.92 Å². The van der Waals surface area contributed by atoms with Crippen molar-refractivity contribution < 1.29 is 19.4 Å². The summed E-state index contributed by atoms with van der Waals surface area (Å²) in [6.07, 6.45) is 4.02. The summed E-state index contributed by atoms with van der Waals surface area (Å²) < 4.78 is 7.17. The van der Waals surface area contributed by atoms with Gasteiger partial charge in [-0.25, -0.2) is 0 Å². The van der Waals surface area contributed by atoms with Crippen molar-refractivity contribution in [1.29, 1.82) is 0 Å². The first-order chi connectivity index (χ1) is 10.7. The Hall–Kier alpha value is -1.96. The Morgan fingerprint density at radius 1 is 1.18 bits per heavy atom. The molecule has 2 aliphatic heterocycles. The molecular formula is C14H20N4O4. The van der Waals surface area contributed by atoms with E-state index in [0.717, 1.165) is 38.1 Å². The molecule has 3 rings (SSSR count). The van der Waals surface area contributed by atoms with Crippen LogP contribution in [0.1, 0.15) is 35.7 Å². The SMILES string of the molecule is O=C(O)C1COCCN(C(=O)c2nnc3n2CCCCC3)C1. The largest absolute Gasteiger partial charge is 0.481 e. The van der Waals surface area contributed by atoms with Crippen LogP contribution in [-0.2, 0) is 22.5 Å². The van der Waals surface area contributed by atoms with Crippen molar-refractivity contribution in [3.05, 3.63) is 11.6 Å². The van der Waals surface area contributed by atoms with E-state index in [2.05, 4.69) is 10.2 Å². The Morgan fingerprint density at radius 3 is 2.86 bits per heavy atom. The molecule has 0 aliphatic carbocycles. The summed E-state index contributed by atoms with van der Waals surface area (Å²) in [4.78, 5) is 25.4. The smallest absolute Gasteiger partial charge is 0.310 e. The third-order valence-electron chi connectivity index (χ3n) is 4.20. The predicted molar refractivity (Wildman–Crippen MR) is 75.4 cm³/mol. The fourth-order valence-electron chi connectivity index (χ4n) is 2.93. The number of aliphatic carboxylic acids is 1. The van der Waals surface area contributed by atoms with Crippen molar-refractivity contribution >= 4 is 11.9 Å². The number of carbonyl (C=O) groups excluding carboxylic acids is 1. The maximum Gasteiger partial charge on any atom is 0.310 e. The zero-order chi connectivity index (χ0) is 15.5. The molecule has 0 spiro atoms. The summed E-state index contributed by atoms with van der Waals surface area (Å²) in [6, 6.07) is 0. The number of ether oxygens (including phenoxy) is 1. The molecule has 1 saturated heterocycles. The average molecular weight is 308 g/mol. The number of carbonyl (C=O) groups is 2. The average Bonchev–Trinajstić information content (AvgIpc) is 2.72. The molecule has 1 unspecified atom stereocenters. The quantitative estimate of drug-likeness (QED) is 0.837. The molecule has 22 heavy (non-hydrogen) atoms. The fraction of sp³-hybridized carbons (Fsp3) is 0.714. The number of aryl methyl sites for hydroxylation is 1. The lowest BCUT2D eigenvalue weighted by Gasteiger charge is -2.21. The summed E-state index contributed by atoms with van der Waals surface area (Å²) in [5, 5.41) is 17.3. The van der Waals surface area contributed by atoms with Gasteiger partial charge in [-0.2, -0.15) is 0 Å². The van der Waals surface area contributed by atoms with E-state index in [4.69, 9.17) is 4.74 Å². The normalized spacial score (nSPS) is 22.5. The first-order valence-electron chi connectivity index (χ1n) is 7.68. The lowest BCUT2D eigenvalue weighted by molar-refractivity contribution is -0.143. The molecule has 1 fully saturated rings. The van der Waals surface area contributed by atoms with Gasteiger partial charge in [0.2, 0.25) is 5.82 Å². The number of rotatable bonds is 2. The Balaban J connectivity index is 1.81. The van der Waals surface area contributed by atoms with Crippen molar-refractivity contribution in [1.82, 2.24) is 19.7 Å². The standard InChI is InChI=1S/C14H20N4O4/c19-13(17-6-7-22-9-10(8-17)14(20)21)12-16-15-11-4-2-1-3-5-18(11)12/h10H,1-9H2,(H,20,21). The number of hydrogen-bond acceptors (Lipinski definition) is 5. The molecule has 1 amide bonds. The first kappa shape index (κ1) is 15.0. The summed E-state index contributed by atoms with van der Waals surface area (Å²) >= 11 is 0. The first-order valence-corrected chi connectivity index (χ1v) is 7.68. The van der Waals surface area contributed by atoms with E-state index in [9.17, 15) is 14.7 Å². The second-order valence-corrected chi connectivity index (χ2v) is 5.76. The van der Waals surface area contributed by atoms with Crippen LogP contribution < -0.4 is 0 Å². The summed E-state index contributed by atoms with van der Waals surface area (Å²) in [5.74, 6) is -0.722. The van der Waals surface area contributed by atoms with Crippen LogP contribution in [0.25, 0.3) is 0 Å². The summed E-state index contributed by atoms with van der Waals surface area (Å²) in [6.45, 7) is 1.75. The molecule has 120 valence electrons. The van der Waals surface area contributed by atoms with Gasteiger partial charge in [0, 0.05) is 26.1 Å². The molecule has 0 saturated carbocycles. The highest BCUT2D eigenvalue weighted by Gasteiger charge is 2.30. The molecule has 0 aromatic carbocycles. The van der Waals surface area contributed by atoms with E-state index in [1.807, 2.05) is 4.57 Å². The maximum atomic E-state index is 12.7. The number of carboxylic acid groups (broad SMARTS) is 1. The van der Waals surface area contributed by atoms with Crippen LogP contribution in [0, 0.1) is 5.92 Å². The van der Waals surface area contributed by atoms with Gasteiger partial charge in [0.15, 0.2) is 0 Å². The molecule has 1 aromatic heterocycles. The zero-order valence-corrected chi connectivity index (χ0v) is 12.4. The Kier molecular flexibility index (Phi) is 4.37. The second kappa shape index (κ2) is 6.43. The van der Waals surface area contributed by atoms with E-state index in [0.29, 0.717) is 19.0 Å². The van der Waals surface area contributed by atoms with Gasteiger partial charge in [-0.3, -0.25) is 9.59 Å². The molecule has 1 aromatic rings. The number of aromatic nitrogens is 3. The minimum atomic E-state index is -0.945. The number of nitrogens with zero attached hydrogens (tertiary/aromatic N) is 4. The maximum absolute atomic E-state index is 12.7. The topological polar surface area (TPSA) is 97.6 Å². The number of fused-ring (bicyclic) bond motifs is 1. The summed E-state index contributed by atoms with van der Waals surface area (Å²) in [7, 11) is 0. The molecular weight excluding hydrogens is 288 g/mol. The van der Waals surface area contributed by atoms with Crippen LogP contribution in [0.4, 0.5) is 0 Å². The highest BCUT2D eigenvalue weighted by atomic mass is 16.5. The molecule has 8 heteroatoms. The molecule has 0 radical (unpaired) electrons. The minimum absolute atomic E-state index is 0.136. The third-order valence-corrected chi connectivity index (χ3v) is 4.20. The van der Waals surface area contributed by atoms with Crippen LogP contribution >= 0.6 is 0 Å². The van der Waals surface area contributed by atoms with Crippen LogP contribution in [0.15, 0.2) is 0 Å². The van der Waals surface area contributed by atoms with E-state index >= 15 is 0 Å². The lowest BCUT2D eigenvalue weighted by atomic mass is 10.1. The van der Waals surface area contributed by atoms with Crippen molar-refractivity contribution in [2.75, 3.05) is 26.3 Å². The van der Waals surface area contributed by atoms with Gasteiger partial charge in [-0.15, -0.1) is 10.2 Å². The van der Waals surface area contributed by atoms with Crippen LogP contribution in [0.5, 0.6) is 0 Å². The van der Waals surface area contributed by atoms with Gasteiger partial charge in [-0.05, 0) is 12.8 Å². The number of amides is 1. The second-order valence-electron chi connectivity index (χ2n) is 5.76. The molecule has 1 atom stereocenters. The monoisotopic (exact) mass is 308 g/mol. The fourth-order valence-corrected chi connectivity index (χ4v) is 2.93. The van der Waals surface area contributed by atoms with Crippen molar-refractivity contribution in [3.63, 3.8) is 0 Å².